The molecule has 2 amide bonds. The SMILES string of the molecule is O=C(Cc1ccccc1)Nc1nnc(CCSCCC(=O)Nc2nnc(Cc3ccccc3)s2)s1. The molecule has 0 aliphatic rings. The Hall–Kier alpha value is -3.15. The number of hydrogen-bond acceptors (Lipinski definition) is 9. The summed E-state index contributed by atoms with van der Waals surface area (Å²) < 4.78 is 0. The van der Waals surface area contributed by atoms with Crippen LogP contribution >= 0.6 is 34.4 Å². The Balaban J connectivity index is 1.10. The number of aromatic nitrogens is 4. The molecule has 2 N–H and O–H groups in total. The van der Waals surface area contributed by atoms with E-state index >= 15 is 0 Å². The van der Waals surface area contributed by atoms with Gasteiger partial charge in [-0.1, -0.05) is 83.3 Å². The topological polar surface area (TPSA) is 110 Å². The van der Waals surface area contributed by atoms with Gasteiger partial charge in [-0.3, -0.25) is 9.59 Å². The first-order chi connectivity index (χ1) is 17.1. The quantitative estimate of drug-likeness (QED) is 0.263. The van der Waals surface area contributed by atoms with Gasteiger partial charge in [0, 0.05) is 25.0 Å². The Bertz CT molecular complexity index is 1230. The number of anilines is 2. The van der Waals surface area contributed by atoms with Crippen LogP contribution in [0.5, 0.6) is 0 Å². The third kappa shape index (κ3) is 8.53. The molecule has 2 aromatic carbocycles. The van der Waals surface area contributed by atoms with Gasteiger partial charge in [0.2, 0.25) is 22.1 Å². The Morgan fingerprint density at radius 2 is 1.31 bits per heavy atom. The standard InChI is InChI=1S/C24H24N6O2S3/c31-19(25-23-30-28-22(35-23)16-18-9-5-2-6-10-18)11-13-33-14-12-21-27-29-24(34-21)26-20(32)15-17-7-3-1-4-8-17/h1-10H,11-16H2,(H,25,30,31)(H,26,29,32). The molecule has 11 heteroatoms. The maximum absolute atomic E-state index is 12.2. The average Bonchev–Trinajstić information content (AvgIpc) is 3.49. The van der Waals surface area contributed by atoms with Crippen molar-refractivity contribution in [3.8, 4) is 0 Å². The second kappa shape index (κ2) is 13.1. The predicted molar refractivity (Wildman–Crippen MR) is 142 cm³/mol. The number of carbonyl (C=O) groups excluding carboxylic acids is 2. The highest BCUT2D eigenvalue weighted by Crippen LogP contribution is 2.20. The molecule has 0 atom stereocenters. The molecule has 0 spiro atoms. The molecular formula is C24H24N6O2S3. The van der Waals surface area contributed by atoms with Gasteiger partial charge in [0.05, 0.1) is 6.42 Å². The molecule has 0 aliphatic heterocycles. The molecule has 4 aromatic rings. The number of aryl methyl sites for hydroxylation is 1. The molecule has 2 heterocycles. The van der Waals surface area contributed by atoms with Crippen molar-refractivity contribution in [1.29, 1.82) is 0 Å². The van der Waals surface area contributed by atoms with Crippen molar-refractivity contribution >= 4 is 56.5 Å². The van der Waals surface area contributed by atoms with E-state index < -0.39 is 0 Å². The molecule has 0 bridgehead atoms. The van der Waals surface area contributed by atoms with E-state index in [1.54, 1.807) is 11.8 Å². The van der Waals surface area contributed by atoms with Gasteiger partial charge in [0.1, 0.15) is 10.0 Å². The summed E-state index contributed by atoms with van der Waals surface area (Å²) in [5, 5.41) is 24.8. The van der Waals surface area contributed by atoms with Crippen LogP contribution in [0.3, 0.4) is 0 Å². The minimum atomic E-state index is -0.109. The van der Waals surface area contributed by atoms with Crippen LogP contribution in [0.4, 0.5) is 10.3 Å². The molecule has 4 rings (SSSR count). The summed E-state index contributed by atoms with van der Waals surface area (Å²) >= 11 is 4.46. The van der Waals surface area contributed by atoms with Crippen LogP contribution in [0.25, 0.3) is 0 Å². The highest BCUT2D eigenvalue weighted by atomic mass is 32.2. The largest absolute Gasteiger partial charge is 0.301 e. The van der Waals surface area contributed by atoms with E-state index in [9.17, 15) is 9.59 Å². The third-order valence-electron chi connectivity index (χ3n) is 4.77. The number of thioether (sulfide) groups is 1. The normalized spacial score (nSPS) is 10.7. The van der Waals surface area contributed by atoms with Crippen molar-refractivity contribution in [1.82, 2.24) is 20.4 Å². The van der Waals surface area contributed by atoms with Crippen LogP contribution in [-0.2, 0) is 28.9 Å². The molecule has 0 unspecified atom stereocenters. The Kier molecular flexibility index (Phi) is 9.32. The second-order valence-electron chi connectivity index (χ2n) is 7.54. The lowest BCUT2D eigenvalue weighted by molar-refractivity contribution is -0.116. The number of nitrogens with zero attached hydrogens (tertiary/aromatic N) is 4. The summed E-state index contributed by atoms with van der Waals surface area (Å²) in [6, 6.07) is 19.6. The zero-order chi connectivity index (χ0) is 24.3. The van der Waals surface area contributed by atoms with Crippen molar-refractivity contribution in [2.45, 2.75) is 25.7 Å². The van der Waals surface area contributed by atoms with Gasteiger partial charge < -0.3 is 10.6 Å². The van der Waals surface area contributed by atoms with Crippen LogP contribution in [0, 0.1) is 0 Å². The Morgan fingerprint density at radius 3 is 2.03 bits per heavy atom. The Labute approximate surface area is 215 Å². The summed E-state index contributed by atoms with van der Waals surface area (Å²) in [5.41, 5.74) is 2.11. The number of rotatable bonds is 12. The monoisotopic (exact) mass is 524 g/mol. The molecule has 0 saturated carbocycles. The van der Waals surface area contributed by atoms with Gasteiger partial charge in [-0.2, -0.15) is 11.8 Å². The molecule has 2 aromatic heterocycles. The van der Waals surface area contributed by atoms with Crippen molar-refractivity contribution in [3.63, 3.8) is 0 Å². The average molecular weight is 525 g/mol. The molecule has 8 nitrogen and oxygen atoms in total. The third-order valence-corrected chi connectivity index (χ3v) is 7.49. The van der Waals surface area contributed by atoms with Crippen molar-refractivity contribution in [2.75, 3.05) is 22.1 Å². The smallest absolute Gasteiger partial charge is 0.230 e. The van der Waals surface area contributed by atoms with E-state index in [1.165, 1.54) is 22.7 Å². The summed E-state index contributed by atoms with van der Waals surface area (Å²) in [7, 11) is 0. The predicted octanol–water partition coefficient (Wildman–Crippen LogP) is 4.47. The van der Waals surface area contributed by atoms with Gasteiger partial charge in [-0.15, -0.1) is 20.4 Å². The second-order valence-corrected chi connectivity index (χ2v) is 10.9. The van der Waals surface area contributed by atoms with Crippen LogP contribution in [0.1, 0.15) is 27.6 Å². The van der Waals surface area contributed by atoms with Crippen molar-refractivity contribution in [3.05, 3.63) is 81.8 Å². The number of benzene rings is 2. The van der Waals surface area contributed by atoms with Gasteiger partial charge in [-0.05, 0) is 16.9 Å². The van der Waals surface area contributed by atoms with Crippen LogP contribution in [0.15, 0.2) is 60.7 Å². The van der Waals surface area contributed by atoms with Crippen LogP contribution in [0.2, 0.25) is 0 Å². The fourth-order valence-electron chi connectivity index (χ4n) is 3.10. The van der Waals surface area contributed by atoms with Gasteiger partial charge in [0.25, 0.3) is 0 Å². The molecule has 0 saturated heterocycles. The summed E-state index contributed by atoms with van der Waals surface area (Å²) in [6.45, 7) is 0. The summed E-state index contributed by atoms with van der Waals surface area (Å²) in [4.78, 5) is 24.4. The lowest BCUT2D eigenvalue weighted by atomic mass is 10.1. The van der Waals surface area contributed by atoms with Gasteiger partial charge in [-0.25, -0.2) is 0 Å². The maximum Gasteiger partial charge on any atom is 0.230 e. The first kappa shape index (κ1) is 25.0. The molecule has 0 fully saturated rings. The summed E-state index contributed by atoms with van der Waals surface area (Å²) in [6.07, 6.45) is 2.14. The van der Waals surface area contributed by atoms with Gasteiger partial charge >= 0.3 is 0 Å². The lowest BCUT2D eigenvalue weighted by Gasteiger charge is -2.01. The minimum Gasteiger partial charge on any atom is -0.301 e. The molecule has 0 radical (unpaired) electrons. The van der Waals surface area contributed by atoms with E-state index in [0.29, 0.717) is 35.3 Å². The van der Waals surface area contributed by atoms with Gasteiger partial charge in [0.15, 0.2) is 0 Å². The van der Waals surface area contributed by atoms with E-state index in [1.807, 2.05) is 60.7 Å². The van der Waals surface area contributed by atoms with E-state index in [0.717, 1.165) is 33.3 Å². The zero-order valence-corrected chi connectivity index (χ0v) is 21.3. The first-order valence-corrected chi connectivity index (χ1v) is 13.8. The number of amides is 2. The van der Waals surface area contributed by atoms with Crippen molar-refractivity contribution in [2.24, 2.45) is 0 Å². The highest BCUT2D eigenvalue weighted by molar-refractivity contribution is 7.99. The molecular weight excluding hydrogens is 501 g/mol. The van der Waals surface area contributed by atoms with E-state index in [-0.39, 0.29) is 11.8 Å². The molecule has 35 heavy (non-hydrogen) atoms. The molecule has 0 aliphatic carbocycles. The van der Waals surface area contributed by atoms with E-state index in [2.05, 4.69) is 31.0 Å². The fourth-order valence-corrected chi connectivity index (χ4v) is 5.65. The maximum atomic E-state index is 12.2. The number of carbonyl (C=O) groups is 2. The van der Waals surface area contributed by atoms with Crippen LogP contribution in [-0.4, -0.2) is 43.7 Å². The zero-order valence-electron chi connectivity index (χ0n) is 18.8. The Morgan fingerprint density at radius 1 is 0.714 bits per heavy atom. The van der Waals surface area contributed by atoms with Crippen LogP contribution < -0.4 is 10.6 Å². The first-order valence-electron chi connectivity index (χ1n) is 11.0. The lowest BCUT2D eigenvalue weighted by Crippen LogP contribution is -2.14. The summed E-state index contributed by atoms with van der Waals surface area (Å²) in [5.74, 6) is 1.34. The minimum absolute atomic E-state index is 0.0701. The van der Waals surface area contributed by atoms with Crippen molar-refractivity contribution < 1.29 is 9.59 Å². The molecule has 180 valence electrons. The number of nitrogens with one attached hydrogen (secondary N) is 2. The number of hydrogen-bond donors (Lipinski definition) is 2. The highest BCUT2D eigenvalue weighted by Gasteiger charge is 2.11. The fraction of sp³-hybridized carbons (Fsp3) is 0.250. The van der Waals surface area contributed by atoms with E-state index in [4.69, 9.17) is 0 Å².